The van der Waals surface area contributed by atoms with Crippen molar-refractivity contribution in [2.75, 3.05) is 13.7 Å². The van der Waals surface area contributed by atoms with E-state index >= 15 is 0 Å². The molecule has 0 saturated carbocycles. The van der Waals surface area contributed by atoms with E-state index < -0.39 is 0 Å². The average molecular weight is 239 g/mol. The van der Waals surface area contributed by atoms with Crippen molar-refractivity contribution >= 4 is 5.97 Å². The number of aryl methyl sites for hydroxylation is 2. The number of carbonyl (C=O) groups excluding carboxylic acids is 1. The molecule has 1 aromatic rings. The number of carbonyl (C=O) groups is 1. The third-order valence-corrected chi connectivity index (χ3v) is 2.67. The highest BCUT2D eigenvalue weighted by Crippen LogP contribution is 2.20. The van der Waals surface area contributed by atoms with Gasteiger partial charge in [-0.3, -0.25) is 9.48 Å². The van der Waals surface area contributed by atoms with Crippen LogP contribution in [0, 0.1) is 0 Å². The summed E-state index contributed by atoms with van der Waals surface area (Å²) in [7, 11) is 3.73. The number of nitrogens with one attached hydrogen (secondary N) is 1. The molecule has 96 valence electrons. The van der Waals surface area contributed by atoms with Crippen LogP contribution in [0.1, 0.15) is 37.6 Å². The number of hydrogen-bond acceptors (Lipinski definition) is 4. The molecule has 0 spiro atoms. The number of esters is 1. The summed E-state index contributed by atoms with van der Waals surface area (Å²) >= 11 is 0. The SMILES string of the molecule is CCOC(=O)CC(NC)c1cn(C)nc1CC. The smallest absolute Gasteiger partial charge is 0.307 e. The maximum Gasteiger partial charge on any atom is 0.307 e. The third kappa shape index (κ3) is 3.56. The van der Waals surface area contributed by atoms with E-state index in [1.54, 1.807) is 4.68 Å². The van der Waals surface area contributed by atoms with E-state index in [0.717, 1.165) is 17.7 Å². The van der Waals surface area contributed by atoms with Crippen molar-refractivity contribution in [1.29, 1.82) is 0 Å². The van der Waals surface area contributed by atoms with Crippen LogP contribution in [0.15, 0.2) is 6.20 Å². The van der Waals surface area contributed by atoms with Crippen molar-refractivity contribution in [2.24, 2.45) is 7.05 Å². The van der Waals surface area contributed by atoms with Gasteiger partial charge in [-0.1, -0.05) is 6.92 Å². The van der Waals surface area contributed by atoms with Gasteiger partial charge in [-0.25, -0.2) is 0 Å². The molecule has 0 aromatic carbocycles. The number of nitrogens with zero attached hydrogens (tertiary/aromatic N) is 2. The lowest BCUT2D eigenvalue weighted by atomic mass is 10.0. The molecule has 5 heteroatoms. The van der Waals surface area contributed by atoms with Crippen molar-refractivity contribution in [3.63, 3.8) is 0 Å². The second-order valence-electron chi connectivity index (χ2n) is 3.91. The van der Waals surface area contributed by atoms with Gasteiger partial charge in [-0.05, 0) is 20.4 Å². The molecule has 1 N–H and O–H groups in total. The van der Waals surface area contributed by atoms with Crippen molar-refractivity contribution < 1.29 is 9.53 Å². The van der Waals surface area contributed by atoms with Gasteiger partial charge in [0.1, 0.15) is 0 Å². The van der Waals surface area contributed by atoms with Crippen LogP contribution < -0.4 is 5.32 Å². The minimum atomic E-state index is -0.183. The zero-order valence-electron chi connectivity index (χ0n) is 11.0. The molecule has 0 aliphatic rings. The lowest BCUT2D eigenvalue weighted by Crippen LogP contribution is -2.21. The highest BCUT2D eigenvalue weighted by Gasteiger charge is 2.19. The van der Waals surface area contributed by atoms with Gasteiger partial charge >= 0.3 is 5.97 Å². The minimum absolute atomic E-state index is 0.0299. The van der Waals surface area contributed by atoms with E-state index in [0.29, 0.717) is 13.0 Å². The summed E-state index contributed by atoms with van der Waals surface area (Å²) in [4.78, 5) is 11.5. The summed E-state index contributed by atoms with van der Waals surface area (Å²) in [5.41, 5.74) is 2.10. The topological polar surface area (TPSA) is 56.1 Å². The zero-order chi connectivity index (χ0) is 12.8. The van der Waals surface area contributed by atoms with E-state index in [4.69, 9.17) is 4.74 Å². The molecule has 1 rings (SSSR count). The lowest BCUT2D eigenvalue weighted by Gasteiger charge is -2.14. The van der Waals surface area contributed by atoms with E-state index in [-0.39, 0.29) is 12.0 Å². The van der Waals surface area contributed by atoms with E-state index in [2.05, 4.69) is 17.3 Å². The molecule has 0 saturated heterocycles. The van der Waals surface area contributed by atoms with Crippen molar-refractivity contribution in [3.8, 4) is 0 Å². The molecule has 5 nitrogen and oxygen atoms in total. The van der Waals surface area contributed by atoms with Crippen LogP contribution in [-0.4, -0.2) is 29.4 Å². The van der Waals surface area contributed by atoms with Crippen molar-refractivity contribution in [2.45, 2.75) is 32.7 Å². The molecule has 0 aliphatic carbocycles. The van der Waals surface area contributed by atoms with E-state index in [9.17, 15) is 4.79 Å². The van der Waals surface area contributed by atoms with Gasteiger partial charge in [0.25, 0.3) is 0 Å². The second kappa shape index (κ2) is 6.39. The first kappa shape index (κ1) is 13.7. The Hall–Kier alpha value is -1.36. The van der Waals surface area contributed by atoms with Crippen LogP contribution >= 0.6 is 0 Å². The molecular weight excluding hydrogens is 218 g/mol. The average Bonchev–Trinajstić information content (AvgIpc) is 2.67. The molecule has 0 fully saturated rings. The van der Waals surface area contributed by atoms with Gasteiger partial charge in [0, 0.05) is 24.8 Å². The molecule has 0 aliphatic heterocycles. The number of aromatic nitrogens is 2. The maximum atomic E-state index is 11.5. The van der Waals surface area contributed by atoms with Crippen LogP contribution in [0.5, 0.6) is 0 Å². The predicted molar refractivity (Wildman–Crippen MR) is 65.6 cm³/mol. The Morgan fingerprint density at radius 1 is 1.59 bits per heavy atom. The van der Waals surface area contributed by atoms with Crippen LogP contribution in [0.3, 0.4) is 0 Å². The van der Waals surface area contributed by atoms with Crippen LogP contribution in [0.2, 0.25) is 0 Å². The summed E-state index contributed by atoms with van der Waals surface area (Å²) in [6.07, 6.45) is 3.15. The fourth-order valence-corrected chi connectivity index (χ4v) is 1.87. The first-order valence-corrected chi connectivity index (χ1v) is 5.97. The summed E-state index contributed by atoms with van der Waals surface area (Å²) in [6, 6.07) is -0.0299. The lowest BCUT2D eigenvalue weighted by molar-refractivity contribution is -0.143. The third-order valence-electron chi connectivity index (χ3n) is 2.67. The standard InChI is InChI=1S/C12H21N3O2/c1-5-10-9(8-15(4)14-10)11(13-3)7-12(16)17-6-2/h8,11,13H,5-7H2,1-4H3. The number of hydrogen-bond donors (Lipinski definition) is 1. The first-order chi connectivity index (χ1) is 8.12. The van der Waals surface area contributed by atoms with Gasteiger partial charge in [-0.15, -0.1) is 0 Å². The molecule has 1 heterocycles. The quantitative estimate of drug-likeness (QED) is 0.758. The molecule has 0 amide bonds. The molecule has 1 aromatic heterocycles. The summed E-state index contributed by atoms with van der Waals surface area (Å²) in [6.45, 7) is 4.29. The van der Waals surface area contributed by atoms with Gasteiger partial charge < -0.3 is 10.1 Å². The Bertz CT molecular complexity index is 374. The van der Waals surface area contributed by atoms with Crippen LogP contribution in [0.25, 0.3) is 0 Å². The maximum absolute atomic E-state index is 11.5. The van der Waals surface area contributed by atoms with Crippen LogP contribution in [0.4, 0.5) is 0 Å². The molecular formula is C12H21N3O2. The Morgan fingerprint density at radius 2 is 2.29 bits per heavy atom. The number of rotatable bonds is 6. The highest BCUT2D eigenvalue weighted by atomic mass is 16.5. The van der Waals surface area contributed by atoms with Crippen LogP contribution in [-0.2, 0) is 23.0 Å². The normalized spacial score (nSPS) is 12.5. The number of ether oxygens (including phenoxy) is 1. The fraction of sp³-hybridized carbons (Fsp3) is 0.667. The van der Waals surface area contributed by atoms with Gasteiger partial charge in [0.15, 0.2) is 0 Å². The Morgan fingerprint density at radius 3 is 2.82 bits per heavy atom. The monoisotopic (exact) mass is 239 g/mol. The van der Waals surface area contributed by atoms with Gasteiger partial charge in [-0.2, -0.15) is 5.10 Å². The molecule has 1 unspecified atom stereocenters. The Labute approximate surface area is 102 Å². The van der Waals surface area contributed by atoms with E-state index in [1.165, 1.54) is 0 Å². The van der Waals surface area contributed by atoms with Crippen molar-refractivity contribution in [1.82, 2.24) is 15.1 Å². The molecule has 0 radical (unpaired) electrons. The largest absolute Gasteiger partial charge is 0.466 e. The summed E-state index contributed by atoms with van der Waals surface area (Å²) in [5, 5.41) is 7.52. The Kier molecular flexibility index (Phi) is 5.15. The fourth-order valence-electron chi connectivity index (χ4n) is 1.87. The highest BCUT2D eigenvalue weighted by molar-refractivity contribution is 5.70. The minimum Gasteiger partial charge on any atom is -0.466 e. The van der Waals surface area contributed by atoms with Gasteiger partial charge in [0.2, 0.25) is 0 Å². The first-order valence-electron chi connectivity index (χ1n) is 5.97. The molecule has 17 heavy (non-hydrogen) atoms. The van der Waals surface area contributed by atoms with Crippen molar-refractivity contribution in [3.05, 3.63) is 17.5 Å². The molecule has 0 bridgehead atoms. The van der Waals surface area contributed by atoms with Gasteiger partial charge in [0.05, 0.1) is 18.7 Å². The molecule has 1 atom stereocenters. The zero-order valence-corrected chi connectivity index (χ0v) is 11.0. The summed E-state index contributed by atoms with van der Waals surface area (Å²) < 4.78 is 6.75. The predicted octanol–water partition coefficient (Wildman–Crippen LogP) is 1.20. The van der Waals surface area contributed by atoms with E-state index in [1.807, 2.05) is 27.2 Å². The second-order valence-corrected chi connectivity index (χ2v) is 3.91. The Balaban J connectivity index is 2.81. The summed E-state index contributed by atoms with van der Waals surface area (Å²) in [5.74, 6) is -0.183.